The fourth-order valence-electron chi connectivity index (χ4n) is 4.39. The lowest BCUT2D eigenvalue weighted by Crippen LogP contribution is -2.46. The molecule has 0 spiro atoms. The van der Waals surface area contributed by atoms with Crippen LogP contribution in [-0.4, -0.2) is 79.3 Å². The molecule has 2 aliphatic rings. The predicted octanol–water partition coefficient (Wildman–Crippen LogP) is 2.30. The number of benzene rings is 1. The molecule has 1 atom stereocenters. The summed E-state index contributed by atoms with van der Waals surface area (Å²) in [4.78, 5) is 55.8. The zero-order valence-corrected chi connectivity index (χ0v) is 21.5. The minimum absolute atomic E-state index is 0.00720. The molecule has 202 valence electrons. The van der Waals surface area contributed by atoms with Crippen molar-refractivity contribution < 1.29 is 33.0 Å². The quantitative estimate of drug-likeness (QED) is 0.545. The van der Waals surface area contributed by atoms with Crippen LogP contribution in [0.4, 0.5) is 20.7 Å². The van der Waals surface area contributed by atoms with E-state index in [0.717, 1.165) is 5.82 Å². The van der Waals surface area contributed by atoms with Crippen LogP contribution in [-0.2, 0) is 23.9 Å². The van der Waals surface area contributed by atoms with E-state index in [-0.39, 0.29) is 31.0 Å². The van der Waals surface area contributed by atoms with Gasteiger partial charge < -0.3 is 24.6 Å². The van der Waals surface area contributed by atoms with Crippen LogP contribution in [0.25, 0.3) is 11.1 Å². The first-order chi connectivity index (χ1) is 18.1. The molecule has 1 aromatic heterocycles. The van der Waals surface area contributed by atoms with Gasteiger partial charge in [0.15, 0.2) is 12.8 Å². The Morgan fingerprint density at radius 3 is 2.53 bits per heavy atom. The highest BCUT2D eigenvalue weighted by atomic mass is 19.1. The number of halogens is 1. The lowest BCUT2D eigenvalue weighted by Gasteiger charge is -2.33. The van der Waals surface area contributed by atoms with Crippen molar-refractivity contribution in [2.45, 2.75) is 39.0 Å². The predicted molar refractivity (Wildman–Crippen MR) is 136 cm³/mol. The number of amides is 3. The summed E-state index contributed by atoms with van der Waals surface area (Å²) in [5, 5.41) is 2.87. The summed E-state index contributed by atoms with van der Waals surface area (Å²) in [7, 11) is 1.54. The minimum Gasteiger partial charge on any atom is -0.456 e. The molecule has 1 unspecified atom stereocenters. The van der Waals surface area contributed by atoms with Crippen LogP contribution in [0.3, 0.4) is 0 Å². The van der Waals surface area contributed by atoms with E-state index in [1.165, 1.54) is 29.7 Å². The zero-order chi connectivity index (χ0) is 27.4. The zero-order valence-electron chi connectivity index (χ0n) is 21.5. The van der Waals surface area contributed by atoms with Crippen molar-refractivity contribution in [1.82, 2.24) is 15.2 Å². The summed E-state index contributed by atoms with van der Waals surface area (Å²) in [6.45, 7) is 3.82. The summed E-state index contributed by atoms with van der Waals surface area (Å²) in [5.74, 6) is -0.827. The van der Waals surface area contributed by atoms with E-state index in [0.29, 0.717) is 42.7 Å². The van der Waals surface area contributed by atoms with Gasteiger partial charge in [-0.05, 0) is 43.2 Å². The Labute approximate surface area is 219 Å². The second-order valence-corrected chi connectivity index (χ2v) is 9.26. The van der Waals surface area contributed by atoms with Gasteiger partial charge in [-0.2, -0.15) is 0 Å². The van der Waals surface area contributed by atoms with E-state index in [4.69, 9.17) is 9.47 Å². The molecule has 1 aromatic carbocycles. The Kier molecular flexibility index (Phi) is 8.08. The number of rotatable bonds is 7. The molecule has 2 aromatic rings. The molecule has 1 N–H and O–H groups in total. The third-order valence-corrected chi connectivity index (χ3v) is 6.64. The van der Waals surface area contributed by atoms with Gasteiger partial charge in [0, 0.05) is 57.4 Å². The fourth-order valence-corrected chi connectivity index (χ4v) is 4.39. The molecule has 0 radical (unpaired) electrons. The van der Waals surface area contributed by atoms with Gasteiger partial charge in [-0.25, -0.2) is 14.2 Å². The van der Waals surface area contributed by atoms with Gasteiger partial charge in [0.05, 0.1) is 12.2 Å². The van der Waals surface area contributed by atoms with Crippen LogP contribution in [0.2, 0.25) is 0 Å². The molecular formula is C26H30FN5O6. The molecule has 0 saturated carbocycles. The number of anilines is 2. The van der Waals surface area contributed by atoms with Gasteiger partial charge >= 0.3 is 12.1 Å². The van der Waals surface area contributed by atoms with Crippen LogP contribution in [0, 0.1) is 5.82 Å². The first-order valence-corrected chi connectivity index (χ1v) is 12.3. The Morgan fingerprint density at radius 1 is 1.18 bits per heavy atom. The monoisotopic (exact) mass is 527 g/mol. The number of pyridine rings is 1. The summed E-state index contributed by atoms with van der Waals surface area (Å²) in [5.41, 5.74) is 1.26. The molecular weight excluding hydrogens is 497 g/mol. The van der Waals surface area contributed by atoms with Crippen LogP contribution in [0.5, 0.6) is 0 Å². The molecule has 0 aliphatic carbocycles. The standard InChI is InChI=1S/C26H30FN5O6/c1-16(33)30(3)25-14-32(26(36)38-25)20-5-6-21(22(27)12-20)18-4-7-23(28-13-18)31-10-8-19(9-11-31)29-24(35)15-37-17(2)34/h4-7,12-13,19,25H,8-11,14-15H2,1-3H3,(H,29,35). The van der Waals surface area contributed by atoms with Crippen LogP contribution in [0.15, 0.2) is 36.5 Å². The van der Waals surface area contributed by atoms with Crippen LogP contribution >= 0.6 is 0 Å². The van der Waals surface area contributed by atoms with Gasteiger partial charge in [-0.1, -0.05) is 0 Å². The number of likely N-dealkylation sites (N-methyl/N-ethyl adjacent to an activating group) is 1. The number of nitrogens with zero attached hydrogens (tertiary/aromatic N) is 4. The van der Waals surface area contributed by atoms with Crippen molar-refractivity contribution >= 4 is 35.4 Å². The summed E-state index contributed by atoms with van der Waals surface area (Å²) < 4.78 is 25.0. The molecule has 3 amide bonds. The van der Waals surface area contributed by atoms with Gasteiger partial charge in [0.25, 0.3) is 5.91 Å². The lowest BCUT2D eigenvalue weighted by molar-refractivity contribution is -0.146. The number of esters is 1. The first-order valence-electron chi connectivity index (χ1n) is 12.3. The van der Waals surface area contributed by atoms with Gasteiger partial charge in [0.1, 0.15) is 11.6 Å². The van der Waals surface area contributed by atoms with Crippen molar-refractivity contribution in [3.05, 3.63) is 42.3 Å². The summed E-state index contributed by atoms with van der Waals surface area (Å²) >= 11 is 0. The number of ether oxygens (including phenoxy) is 2. The number of nitrogens with one attached hydrogen (secondary N) is 1. The first kappa shape index (κ1) is 26.8. The Hall–Kier alpha value is -4.22. The highest BCUT2D eigenvalue weighted by molar-refractivity contribution is 5.90. The van der Waals surface area contributed by atoms with Crippen molar-refractivity contribution in [2.24, 2.45) is 0 Å². The SMILES string of the molecule is CC(=O)OCC(=O)NC1CCN(c2ccc(-c3ccc(N4CC(N(C)C(C)=O)OC4=O)cc3F)cn2)CC1. The Morgan fingerprint density at radius 2 is 1.92 bits per heavy atom. The summed E-state index contributed by atoms with van der Waals surface area (Å²) in [6, 6.07) is 8.08. The molecule has 2 saturated heterocycles. The number of aromatic nitrogens is 1. The second kappa shape index (κ2) is 11.4. The van der Waals surface area contributed by atoms with E-state index in [2.05, 4.69) is 15.2 Å². The van der Waals surface area contributed by atoms with Crippen molar-refractivity contribution in [3.8, 4) is 11.1 Å². The number of hydrogen-bond donors (Lipinski definition) is 1. The Balaban J connectivity index is 1.35. The number of hydrogen-bond acceptors (Lipinski definition) is 8. The van der Waals surface area contributed by atoms with Gasteiger partial charge in [-0.3, -0.25) is 19.3 Å². The fraction of sp³-hybridized carbons (Fsp3) is 0.423. The second-order valence-electron chi connectivity index (χ2n) is 9.26. The molecule has 4 rings (SSSR count). The van der Waals surface area contributed by atoms with E-state index in [9.17, 15) is 19.2 Å². The number of cyclic esters (lactones) is 1. The third-order valence-electron chi connectivity index (χ3n) is 6.64. The molecule has 11 nitrogen and oxygen atoms in total. The van der Waals surface area contributed by atoms with Gasteiger partial charge in [0.2, 0.25) is 5.91 Å². The topological polar surface area (TPSA) is 121 Å². The van der Waals surface area contributed by atoms with Crippen molar-refractivity contribution in [2.75, 3.05) is 43.1 Å². The van der Waals surface area contributed by atoms with Crippen molar-refractivity contribution in [3.63, 3.8) is 0 Å². The maximum atomic E-state index is 15.1. The van der Waals surface area contributed by atoms with Gasteiger partial charge in [-0.15, -0.1) is 0 Å². The molecule has 38 heavy (non-hydrogen) atoms. The maximum Gasteiger partial charge on any atom is 0.416 e. The van der Waals surface area contributed by atoms with Crippen molar-refractivity contribution in [1.29, 1.82) is 0 Å². The highest BCUT2D eigenvalue weighted by Gasteiger charge is 2.36. The van der Waals surface area contributed by atoms with E-state index in [1.54, 1.807) is 31.4 Å². The van der Waals surface area contributed by atoms with E-state index in [1.807, 2.05) is 6.07 Å². The third kappa shape index (κ3) is 6.18. The number of carbonyl (C=O) groups excluding carboxylic acids is 4. The normalized spacial score (nSPS) is 17.7. The summed E-state index contributed by atoms with van der Waals surface area (Å²) in [6.07, 6.45) is 1.65. The lowest BCUT2D eigenvalue weighted by atomic mass is 10.0. The molecule has 12 heteroatoms. The maximum absolute atomic E-state index is 15.1. The average Bonchev–Trinajstić information content (AvgIpc) is 3.29. The molecule has 2 fully saturated rings. The smallest absolute Gasteiger partial charge is 0.416 e. The molecule has 0 bridgehead atoms. The Bertz CT molecular complexity index is 1220. The van der Waals surface area contributed by atoms with E-state index >= 15 is 4.39 Å². The minimum atomic E-state index is -0.735. The highest BCUT2D eigenvalue weighted by Crippen LogP contribution is 2.30. The number of carbonyl (C=O) groups is 4. The average molecular weight is 528 g/mol. The molecule has 2 aliphatic heterocycles. The number of piperidine rings is 1. The largest absolute Gasteiger partial charge is 0.456 e. The van der Waals surface area contributed by atoms with Crippen LogP contribution < -0.4 is 15.1 Å². The van der Waals surface area contributed by atoms with Crippen LogP contribution in [0.1, 0.15) is 26.7 Å². The molecule has 3 heterocycles. The van der Waals surface area contributed by atoms with E-state index < -0.39 is 24.1 Å².